The quantitative estimate of drug-likeness (QED) is 0.738. The third kappa shape index (κ3) is 6.10. The topological polar surface area (TPSA) is 49.4 Å². The van der Waals surface area contributed by atoms with Crippen molar-refractivity contribution in [2.75, 3.05) is 0 Å². The van der Waals surface area contributed by atoms with Crippen LogP contribution < -0.4 is 5.32 Å². The smallest absolute Gasteiger partial charge is 0.243 e. The zero-order valence-electron chi connectivity index (χ0n) is 16.1. The number of halogens is 1. The first-order valence-corrected chi connectivity index (χ1v) is 9.67. The van der Waals surface area contributed by atoms with Crippen LogP contribution in [0.4, 0.5) is 0 Å². The summed E-state index contributed by atoms with van der Waals surface area (Å²) < 4.78 is 0. The van der Waals surface area contributed by atoms with E-state index in [9.17, 15) is 9.59 Å². The zero-order chi connectivity index (χ0) is 19.8. The van der Waals surface area contributed by atoms with Crippen LogP contribution in [0.3, 0.4) is 0 Å². The van der Waals surface area contributed by atoms with Crippen molar-refractivity contribution >= 4 is 23.4 Å². The highest BCUT2D eigenvalue weighted by Crippen LogP contribution is 2.21. The average Bonchev–Trinajstić information content (AvgIpc) is 2.65. The van der Waals surface area contributed by atoms with E-state index in [1.165, 1.54) is 0 Å². The summed E-state index contributed by atoms with van der Waals surface area (Å²) in [6, 6.07) is 16.6. The van der Waals surface area contributed by atoms with Crippen LogP contribution in [0, 0.1) is 0 Å². The summed E-state index contributed by atoms with van der Waals surface area (Å²) in [5.74, 6) is -0.225. The Kier molecular flexibility index (Phi) is 7.86. The summed E-state index contributed by atoms with van der Waals surface area (Å²) in [5.41, 5.74) is 1.84. The van der Waals surface area contributed by atoms with Crippen LogP contribution in [0.15, 0.2) is 54.6 Å². The molecule has 0 aliphatic heterocycles. The monoisotopic (exact) mass is 386 g/mol. The van der Waals surface area contributed by atoms with Crippen molar-refractivity contribution in [1.29, 1.82) is 0 Å². The lowest BCUT2D eigenvalue weighted by Crippen LogP contribution is -2.51. The van der Waals surface area contributed by atoms with Crippen molar-refractivity contribution in [2.24, 2.45) is 0 Å². The van der Waals surface area contributed by atoms with Gasteiger partial charge in [0.1, 0.15) is 6.04 Å². The van der Waals surface area contributed by atoms with Crippen LogP contribution in [0.5, 0.6) is 0 Å². The molecule has 0 heterocycles. The van der Waals surface area contributed by atoms with E-state index in [1.54, 1.807) is 11.0 Å². The Morgan fingerprint density at radius 1 is 1.04 bits per heavy atom. The van der Waals surface area contributed by atoms with E-state index in [-0.39, 0.29) is 17.9 Å². The van der Waals surface area contributed by atoms with Crippen molar-refractivity contribution in [3.8, 4) is 0 Å². The van der Waals surface area contributed by atoms with E-state index >= 15 is 0 Å². The molecule has 4 nitrogen and oxygen atoms in total. The number of benzene rings is 2. The standard InChI is InChI=1S/C22H27ClN2O2/c1-4-21(26)25(15-18-12-8-9-13-19(18)23)20(22(27)24-16(2)3)14-17-10-6-5-7-11-17/h5-13,16,20H,4,14-15H2,1-3H3,(H,24,27)/t20-/m0/s1. The molecular weight excluding hydrogens is 360 g/mol. The predicted molar refractivity (Wildman–Crippen MR) is 110 cm³/mol. The maximum absolute atomic E-state index is 13.0. The van der Waals surface area contributed by atoms with E-state index < -0.39 is 6.04 Å². The molecule has 0 aliphatic rings. The number of nitrogens with one attached hydrogen (secondary N) is 1. The van der Waals surface area contributed by atoms with Crippen molar-refractivity contribution in [3.63, 3.8) is 0 Å². The van der Waals surface area contributed by atoms with Gasteiger partial charge in [-0.1, -0.05) is 67.1 Å². The molecule has 2 aromatic rings. The molecular formula is C22H27ClN2O2. The number of hydrogen-bond acceptors (Lipinski definition) is 2. The van der Waals surface area contributed by atoms with Gasteiger partial charge in [-0.3, -0.25) is 9.59 Å². The second kappa shape index (κ2) is 10.1. The maximum Gasteiger partial charge on any atom is 0.243 e. The number of amides is 2. The molecule has 0 aromatic heterocycles. The minimum Gasteiger partial charge on any atom is -0.352 e. The summed E-state index contributed by atoms with van der Waals surface area (Å²) in [6.07, 6.45) is 0.778. The first-order valence-electron chi connectivity index (χ1n) is 9.29. The molecule has 0 radical (unpaired) electrons. The van der Waals surface area contributed by atoms with Crippen LogP contribution in [-0.4, -0.2) is 28.8 Å². The van der Waals surface area contributed by atoms with E-state index in [1.807, 2.05) is 69.3 Å². The van der Waals surface area contributed by atoms with Crippen LogP contribution in [-0.2, 0) is 22.6 Å². The molecule has 0 spiro atoms. The lowest BCUT2D eigenvalue weighted by molar-refractivity contribution is -0.141. The molecule has 2 amide bonds. The van der Waals surface area contributed by atoms with Gasteiger partial charge < -0.3 is 10.2 Å². The van der Waals surface area contributed by atoms with Gasteiger partial charge in [0.05, 0.1) is 0 Å². The Morgan fingerprint density at radius 3 is 2.26 bits per heavy atom. The third-order valence-corrected chi connectivity index (χ3v) is 4.67. The first kappa shape index (κ1) is 21.0. The van der Waals surface area contributed by atoms with E-state index in [0.717, 1.165) is 11.1 Å². The number of carbonyl (C=O) groups is 2. The Morgan fingerprint density at radius 2 is 1.67 bits per heavy atom. The fourth-order valence-electron chi connectivity index (χ4n) is 2.95. The molecule has 0 fully saturated rings. The largest absolute Gasteiger partial charge is 0.352 e. The average molecular weight is 387 g/mol. The molecule has 2 rings (SSSR count). The highest BCUT2D eigenvalue weighted by molar-refractivity contribution is 6.31. The molecule has 0 bridgehead atoms. The van der Waals surface area contributed by atoms with Crippen molar-refractivity contribution < 1.29 is 9.59 Å². The highest BCUT2D eigenvalue weighted by atomic mass is 35.5. The number of nitrogens with zero attached hydrogens (tertiary/aromatic N) is 1. The number of hydrogen-bond donors (Lipinski definition) is 1. The van der Waals surface area contributed by atoms with Crippen LogP contribution in [0.25, 0.3) is 0 Å². The molecule has 144 valence electrons. The van der Waals surface area contributed by atoms with E-state index in [2.05, 4.69) is 5.32 Å². The molecule has 27 heavy (non-hydrogen) atoms. The van der Waals surface area contributed by atoms with Gasteiger partial charge in [0.2, 0.25) is 11.8 Å². The normalized spacial score (nSPS) is 11.9. The second-order valence-corrected chi connectivity index (χ2v) is 7.24. The van der Waals surface area contributed by atoms with Crippen LogP contribution >= 0.6 is 11.6 Å². The van der Waals surface area contributed by atoms with Crippen molar-refractivity contribution in [1.82, 2.24) is 10.2 Å². The Balaban J connectivity index is 2.37. The number of carbonyl (C=O) groups excluding carboxylic acids is 2. The van der Waals surface area contributed by atoms with Gasteiger partial charge in [0.25, 0.3) is 0 Å². The van der Waals surface area contributed by atoms with Gasteiger partial charge in [-0.2, -0.15) is 0 Å². The molecule has 1 atom stereocenters. The Bertz CT molecular complexity index is 762. The predicted octanol–water partition coefficient (Wildman–Crippen LogP) is 4.21. The zero-order valence-corrected chi connectivity index (χ0v) is 16.9. The second-order valence-electron chi connectivity index (χ2n) is 6.84. The molecule has 1 N–H and O–H groups in total. The fourth-order valence-corrected chi connectivity index (χ4v) is 3.14. The van der Waals surface area contributed by atoms with Crippen LogP contribution in [0.1, 0.15) is 38.3 Å². The molecule has 0 aliphatic carbocycles. The Hall–Kier alpha value is -2.33. The summed E-state index contributed by atoms with van der Waals surface area (Å²) >= 11 is 6.31. The minimum absolute atomic E-state index is 0.00494. The van der Waals surface area contributed by atoms with Gasteiger partial charge in [-0.05, 0) is 31.0 Å². The van der Waals surface area contributed by atoms with Crippen LogP contribution in [0.2, 0.25) is 5.02 Å². The van der Waals surface area contributed by atoms with Crippen molar-refractivity contribution in [3.05, 3.63) is 70.7 Å². The molecule has 0 saturated heterocycles. The summed E-state index contributed by atoms with van der Waals surface area (Å²) in [5, 5.41) is 3.55. The lowest BCUT2D eigenvalue weighted by atomic mass is 10.0. The van der Waals surface area contributed by atoms with E-state index in [4.69, 9.17) is 11.6 Å². The summed E-state index contributed by atoms with van der Waals surface area (Å²) in [4.78, 5) is 27.4. The summed E-state index contributed by atoms with van der Waals surface area (Å²) in [7, 11) is 0. The highest BCUT2D eigenvalue weighted by Gasteiger charge is 2.30. The lowest BCUT2D eigenvalue weighted by Gasteiger charge is -2.32. The Labute approximate surface area is 166 Å². The van der Waals surface area contributed by atoms with E-state index in [0.29, 0.717) is 24.4 Å². The van der Waals surface area contributed by atoms with Gasteiger partial charge in [-0.15, -0.1) is 0 Å². The first-order chi connectivity index (χ1) is 12.9. The fraction of sp³-hybridized carbons (Fsp3) is 0.364. The third-order valence-electron chi connectivity index (χ3n) is 4.30. The maximum atomic E-state index is 13.0. The molecule has 0 unspecified atom stereocenters. The molecule has 5 heteroatoms. The van der Waals surface area contributed by atoms with Crippen molar-refractivity contribution in [2.45, 2.75) is 52.2 Å². The summed E-state index contributed by atoms with van der Waals surface area (Å²) in [6.45, 7) is 5.94. The SMILES string of the molecule is CCC(=O)N(Cc1ccccc1Cl)[C@@H](Cc1ccccc1)C(=O)NC(C)C. The van der Waals surface area contributed by atoms with Gasteiger partial charge in [0, 0.05) is 30.5 Å². The number of rotatable bonds is 8. The molecule has 2 aromatic carbocycles. The van der Waals surface area contributed by atoms with Gasteiger partial charge in [-0.25, -0.2) is 0 Å². The van der Waals surface area contributed by atoms with Gasteiger partial charge >= 0.3 is 0 Å². The minimum atomic E-state index is -0.599. The van der Waals surface area contributed by atoms with Gasteiger partial charge in [0.15, 0.2) is 0 Å². The molecule has 0 saturated carbocycles.